The van der Waals surface area contributed by atoms with Crippen molar-refractivity contribution >= 4 is 9.84 Å². The van der Waals surface area contributed by atoms with Crippen LogP contribution in [0.2, 0.25) is 0 Å². The van der Waals surface area contributed by atoms with E-state index >= 15 is 0 Å². The summed E-state index contributed by atoms with van der Waals surface area (Å²) in [5.74, 6) is 1.40. The first-order chi connectivity index (χ1) is 7.07. The molecule has 0 radical (unpaired) electrons. The summed E-state index contributed by atoms with van der Waals surface area (Å²) in [5.41, 5.74) is 0. The number of rotatable bonds is 3. The second-order valence-electron chi connectivity index (χ2n) is 4.00. The predicted molar refractivity (Wildman–Crippen MR) is 57.3 cm³/mol. The van der Waals surface area contributed by atoms with Crippen LogP contribution in [0.3, 0.4) is 0 Å². The molecule has 1 aromatic heterocycles. The van der Waals surface area contributed by atoms with Gasteiger partial charge in [0.15, 0.2) is 9.84 Å². The van der Waals surface area contributed by atoms with E-state index in [-0.39, 0.29) is 17.8 Å². The summed E-state index contributed by atoms with van der Waals surface area (Å²) < 4.78 is 27.7. The Morgan fingerprint density at radius 1 is 1.60 bits per heavy atom. The number of sulfone groups is 1. The number of hydrogen-bond acceptors (Lipinski definition) is 4. The van der Waals surface area contributed by atoms with E-state index < -0.39 is 9.84 Å². The molecule has 0 aliphatic carbocycles. The molecule has 0 saturated carbocycles. The van der Waals surface area contributed by atoms with Crippen LogP contribution in [0.1, 0.15) is 25.1 Å². The summed E-state index contributed by atoms with van der Waals surface area (Å²) in [6.45, 7) is 1.98. The first kappa shape index (κ1) is 10.7. The van der Waals surface area contributed by atoms with E-state index in [1.54, 1.807) is 6.26 Å². The molecule has 2 atom stereocenters. The molecule has 15 heavy (non-hydrogen) atoms. The minimum atomic E-state index is -2.80. The third kappa shape index (κ3) is 2.60. The minimum absolute atomic E-state index is 0.0649. The second-order valence-corrected chi connectivity index (χ2v) is 6.23. The molecule has 4 nitrogen and oxygen atoms in total. The summed E-state index contributed by atoms with van der Waals surface area (Å²) in [4.78, 5) is 0. The molecule has 0 amide bonds. The fourth-order valence-electron chi connectivity index (χ4n) is 1.90. The molecule has 2 heterocycles. The lowest BCUT2D eigenvalue weighted by atomic mass is 10.2. The van der Waals surface area contributed by atoms with E-state index in [1.807, 2.05) is 19.1 Å². The molecule has 5 heteroatoms. The second kappa shape index (κ2) is 3.98. The van der Waals surface area contributed by atoms with Gasteiger partial charge in [0.25, 0.3) is 0 Å². The third-order valence-corrected chi connectivity index (χ3v) is 4.46. The molecule has 1 aliphatic rings. The average molecular weight is 229 g/mol. The first-order valence-electron chi connectivity index (χ1n) is 5.07. The maximum Gasteiger partial charge on any atom is 0.151 e. The fraction of sp³-hybridized carbons (Fsp3) is 0.600. The van der Waals surface area contributed by atoms with E-state index in [4.69, 9.17) is 4.42 Å². The maximum atomic E-state index is 11.2. The Balaban J connectivity index is 1.94. The number of nitrogens with one attached hydrogen (secondary N) is 1. The van der Waals surface area contributed by atoms with Gasteiger partial charge >= 0.3 is 0 Å². The molecule has 0 bridgehead atoms. The highest BCUT2D eigenvalue weighted by Crippen LogP contribution is 2.18. The molecule has 1 N–H and O–H groups in total. The monoisotopic (exact) mass is 229 g/mol. The van der Waals surface area contributed by atoms with Crippen molar-refractivity contribution < 1.29 is 12.8 Å². The van der Waals surface area contributed by atoms with Gasteiger partial charge in [0.05, 0.1) is 23.8 Å². The van der Waals surface area contributed by atoms with Gasteiger partial charge in [-0.2, -0.15) is 0 Å². The van der Waals surface area contributed by atoms with Crippen LogP contribution in [-0.4, -0.2) is 26.0 Å². The molecule has 84 valence electrons. The van der Waals surface area contributed by atoms with Crippen LogP contribution in [0.5, 0.6) is 0 Å². The van der Waals surface area contributed by atoms with Crippen molar-refractivity contribution in [2.75, 3.05) is 11.5 Å². The normalized spacial score (nSPS) is 26.6. The van der Waals surface area contributed by atoms with Crippen molar-refractivity contribution in [3.8, 4) is 0 Å². The summed E-state index contributed by atoms with van der Waals surface area (Å²) in [7, 11) is -2.80. The van der Waals surface area contributed by atoms with E-state index in [9.17, 15) is 8.42 Å². The summed E-state index contributed by atoms with van der Waals surface area (Å²) >= 11 is 0. The van der Waals surface area contributed by atoms with Crippen LogP contribution < -0.4 is 5.32 Å². The van der Waals surface area contributed by atoms with E-state index in [0.29, 0.717) is 12.2 Å². The van der Waals surface area contributed by atoms with E-state index in [1.165, 1.54) is 0 Å². The Morgan fingerprint density at radius 2 is 2.40 bits per heavy atom. The van der Waals surface area contributed by atoms with Gasteiger partial charge in [0.1, 0.15) is 5.76 Å². The van der Waals surface area contributed by atoms with Crippen molar-refractivity contribution in [3.05, 3.63) is 24.2 Å². The zero-order valence-electron chi connectivity index (χ0n) is 8.64. The van der Waals surface area contributed by atoms with Gasteiger partial charge in [-0.15, -0.1) is 0 Å². The zero-order chi connectivity index (χ0) is 10.9. The van der Waals surface area contributed by atoms with Gasteiger partial charge in [-0.05, 0) is 25.5 Å². The SMILES string of the molecule is C[C@@H](N[C@H]1CCS(=O)(=O)C1)c1ccco1. The fourth-order valence-corrected chi connectivity index (χ4v) is 3.59. The zero-order valence-corrected chi connectivity index (χ0v) is 9.46. The lowest BCUT2D eigenvalue weighted by molar-refractivity contribution is 0.400. The van der Waals surface area contributed by atoms with Gasteiger partial charge < -0.3 is 9.73 Å². The van der Waals surface area contributed by atoms with Crippen LogP contribution in [0, 0.1) is 0 Å². The summed E-state index contributed by atoms with van der Waals surface area (Å²) in [6.07, 6.45) is 2.33. The number of furan rings is 1. The molecule has 1 aliphatic heterocycles. The van der Waals surface area contributed by atoms with Gasteiger partial charge in [0.2, 0.25) is 0 Å². The molecule has 0 aromatic carbocycles. The Hall–Kier alpha value is -0.810. The largest absolute Gasteiger partial charge is 0.468 e. The highest BCUT2D eigenvalue weighted by atomic mass is 32.2. The van der Waals surface area contributed by atoms with Crippen LogP contribution in [0.4, 0.5) is 0 Å². The Bertz CT molecular complexity index is 410. The van der Waals surface area contributed by atoms with Crippen molar-refractivity contribution in [2.24, 2.45) is 0 Å². The molecule has 0 unspecified atom stereocenters. The summed E-state index contributed by atoms with van der Waals surface area (Å²) in [5, 5.41) is 3.26. The minimum Gasteiger partial charge on any atom is -0.468 e. The summed E-state index contributed by atoms with van der Waals surface area (Å²) in [6, 6.07) is 3.86. The maximum absolute atomic E-state index is 11.2. The van der Waals surface area contributed by atoms with E-state index in [2.05, 4.69) is 5.32 Å². The van der Waals surface area contributed by atoms with Gasteiger partial charge in [0, 0.05) is 6.04 Å². The third-order valence-electron chi connectivity index (χ3n) is 2.69. The van der Waals surface area contributed by atoms with Crippen LogP contribution in [-0.2, 0) is 9.84 Å². The van der Waals surface area contributed by atoms with Crippen molar-refractivity contribution in [3.63, 3.8) is 0 Å². The highest BCUT2D eigenvalue weighted by molar-refractivity contribution is 7.91. The van der Waals surface area contributed by atoms with Gasteiger partial charge in [-0.1, -0.05) is 0 Å². The lowest BCUT2D eigenvalue weighted by Crippen LogP contribution is -2.32. The first-order valence-corrected chi connectivity index (χ1v) is 6.89. The van der Waals surface area contributed by atoms with Crippen LogP contribution in [0.15, 0.2) is 22.8 Å². The molecule has 1 saturated heterocycles. The van der Waals surface area contributed by atoms with Crippen molar-refractivity contribution in [1.82, 2.24) is 5.32 Å². The molecule has 1 fully saturated rings. The van der Waals surface area contributed by atoms with Crippen LogP contribution in [0.25, 0.3) is 0 Å². The van der Waals surface area contributed by atoms with Crippen LogP contribution >= 0.6 is 0 Å². The average Bonchev–Trinajstić information content (AvgIpc) is 2.74. The smallest absolute Gasteiger partial charge is 0.151 e. The highest BCUT2D eigenvalue weighted by Gasteiger charge is 2.29. The Labute approximate surface area is 89.6 Å². The quantitative estimate of drug-likeness (QED) is 0.843. The molecule has 1 aromatic rings. The molecular weight excluding hydrogens is 214 g/mol. The van der Waals surface area contributed by atoms with Crippen molar-refractivity contribution in [1.29, 1.82) is 0 Å². The Morgan fingerprint density at radius 3 is 2.93 bits per heavy atom. The molecular formula is C10H15NO3S. The molecule has 0 spiro atoms. The topological polar surface area (TPSA) is 59.3 Å². The Kier molecular flexibility index (Phi) is 2.84. The lowest BCUT2D eigenvalue weighted by Gasteiger charge is -2.16. The van der Waals surface area contributed by atoms with Gasteiger partial charge in [-0.3, -0.25) is 0 Å². The van der Waals surface area contributed by atoms with Gasteiger partial charge in [-0.25, -0.2) is 8.42 Å². The van der Waals surface area contributed by atoms with E-state index in [0.717, 1.165) is 5.76 Å². The standard InChI is InChI=1S/C10H15NO3S/c1-8(10-3-2-5-14-10)11-9-4-6-15(12,13)7-9/h2-3,5,8-9,11H,4,6-7H2,1H3/t8-,9+/m1/s1. The van der Waals surface area contributed by atoms with Crippen molar-refractivity contribution in [2.45, 2.75) is 25.4 Å². The molecule has 2 rings (SSSR count). The predicted octanol–water partition coefficient (Wildman–Crippen LogP) is 1.12. The number of hydrogen-bond donors (Lipinski definition) is 1.